The summed E-state index contributed by atoms with van der Waals surface area (Å²) in [6.45, 7) is 7.33. The maximum Gasteiger partial charge on any atom is 0.261 e. The molecule has 0 fully saturated rings. The first-order chi connectivity index (χ1) is 15.0. The molecule has 0 heterocycles. The summed E-state index contributed by atoms with van der Waals surface area (Å²) in [7, 11) is -3.69. The number of hydrogen-bond acceptors (Lipinski definition) is 4. The van der Waals surface area contributed by atoms with Crippen molar-refractivity contribution in [3.63, 3.8) is 0 Å². The van der Waals surface area contributed by atoms with Crippen LogP contribution < -0.4 is 4.72 Å². The van der Waals surface area contributed by atoms with Gasteiger partial charge < -0.3 is 0 Å². The minimum absolute atomic E-state index is 0.0270. The summed E-state index contributed by atoms with van der Waals surface area (Å²) in [5, 5.41) is 0. The Bertz CT molecular complexity index is 1250. The largest absolute Gasteiger partial charge is 0.295 e. The Balaban J connectivity index is 1.70. The molecule has 0 bridgehead atoms. The van der Waals surface area contributed by atoms with E-state index in [-0.39, 0.29) is 10.7 Å². The number of anilines is 1. The fraction of sp³-hybridized carbons (Fsp3) is 0.231. The van der Waals surface area contributed by atoms with Gasteiger partial charge in [-0.15, -0.1) is 0 Å². The van der Waals surface area contributed by atoms with Crippen LogP contribution in [0.3, 0.4) is 0 Å². The Labute approximate surface area is 195 Å². The molecule has 166 valence electrons. The zero-order chi connectivity index (χ0) is 23.5. The zero-order valence-corrected chi connectivity index (χ0v) is 20.4. The Hall–Kier alpha value is -2.83. The van der Waals surface area contributed by atoms with Gasteiger partial charge in [-0.05, 0) is 68.1 Å². The van der Waals surface area contributed by atoms with Crippen LogP contribution in [0.1, 0.15) is 45.1 Å². The van der Waals surface area contributed by atoms with Crippen LogP contribution in [0.5, 0.6) is 0 Å². The number of aryl methyl sites for hydroxylation is 3. The molecule has 0 spiro atoms. The number of carbonyl (C=O) groups excluding carboxylic acids is 1. The molecule has 0 aliphatic carbocycles. The van der Waals surface area contributed by atoms with Crippen LogP contribution in [0.15, 0.2) is 65.6 Å². The maximum atomic E-state index is 12.9. The normalized spacial score (nSPS) is 11.2. The van der Waals surface area contributed by atoms with Crippen LogP contribution in [-0.2, 0) is 22.9 Å². The van der Waals surface area contributed by atoms with E-state index in [1.54, 1.807) is 37.3 Å². The lowest BCUT2D eigenvalue weighted by atomic mass is 10.0. The van der Waals surface area contributed by atoms with Crippen LogP contribution in [0, 0.1) is 20.8 Å². The third kappa shape index (κ3) is 5.90. The molecule has 0 amide bonds. The highest BCUT2D eigenvalue weighted by atomic mass is 32.2. The van der Waals surface area contributed by atoms with Crippen molar-refractivity contribution in [2.75, 3.05) is 4.72 Å². The van der Waals surface area contributed by atoms with Crippen LogP contribution in [-0.4, -0.2) is 19.1 Å². The smallest absolute Gasteiger partial charge is 0.261 e. The predicted molar refractivity (Wildman–Crippen MR) is 134 cm³/mol. The van der Waals surface area contributed by atoms with E-state index in [1.165, 1.54) is 0 Å². The molecule has 0 aliphatic heterocycles. The van der Waals surface area contributed by atoms with Gasteiger partial charge in [0, 0.05) is 23.3 Å². The van der Waals surface area contributed by atoms with Crippen molar-refractivity contribution in [1.82, 2.24) is 0 Å². The lowest BCUT2D eigenvalue weighted by molar-refractivity contribution is 0.101. The number of benzene rings is 3. The van der Waals surface area contributed by atoms with Gasteiger partial charge in [-0.1, -0.05) is 60.2 Å². The molecule has 0 aliphatic rings. The van der Waals surface area contributed by atoms with Crippen molar-refractivity contribution in [2.45, 2.75) is 45.4 Å². The molecule has 3 aromatic carbocycles. The SMILES string of the molecule is CC(=O)c1cccc(CC(=S)Cc2ccc(S(=O)(=O)Nc3c(C)cc(C)cc3C)cc2)c1. The lowest BCUT2D eigenvalue weighted by Gasteiger charge is -2.14. The number of carbonyl (C=O) groups is 1. The minimum Gasteiger partial charge on any atom is -0.295 e. The van der Waals surface area contributed by atoms with E-state index in [0.717, 1.165) is 32.7 Å². The molecule has 6 heteroatoms. The van der Waals surface area contributed by atoms with Crippen molar-refractivity contribution in [3.8, 4) is 0 Å². The maximum absolute atomic E-state index is 12.9. The first-order valence-electron chi connectivity index (χ1n) is 10.4. The number of rotatable bonds is 8. The van der Waals surface area contributed by atoms with Crippen LogP contribution >= 0.6 is 12.2 Å². The van der Waals surface area contributed by atoms with Gasteiger partial charge in [-0.2, -0.15) is 0 Å². The van der Waals surface area contributed by atoms with E-state index >= 15 is 0 Å². The highest BCUT2D eigenvalue weighted by molar-refractivity contribution is 7.92. The monoisotopic (exact) mass is 465 g/mol. The fourth-order valence-electron chi connectivity index (χ4n) is 3.74. The van der Waals surface area contributed by atoms with Gasteiger partial charge in [0.2, 0.25) is 0 Å². The first-order valence-corrected chi connectivity index (χ1v) is 12.3. The van der Waals surface area contributed by atoms with Gasteiger partial charge in [-0.25, -0.2) is 8.42 Å². The number of nitrogens with one attached hydrogen (secondary N) is 1. The number of hydrogen-bond donors (Lipinski definition) is 1. The van der Waals surface area contributed by atoms with Crippen LogP contribution in [0.25, 0.3) is 0 Å². The molecule has 0 unspecified atom stereocenters. The summed E-state index contributed by atoms with van der Waals surface area (Å²) in [6, 6.07) is 18.2. The molecule has 0 atom stereocenters. The van der Waals surface area contributed by atoms with Crippen molar-refractivity contribution >= 4 is 38.6 Å². The Kier molecular flexibility index (Phi) is 7.26. The molecule has 0 radical (unpaired) electrons. The van der Waals surface area contributed by atoms with Gasteiger partial charge >= 0.3 is 0 Å². The van der Waals surface area contributed by atoms with E-state index in [0.29, 0.717) is 24.1 Å². The molecular formula is C26H27NO3S2. The predicted octanol–water partition coefficient (Wildman–Crippen LogP) is 5.77. The summed E-state index contributed by atoms with van der Waals surface area (Å²) in [5.41, 5.74) is 6.11. The van der Waals surface area contributed by atoms with Gasteiger partial charge in [0.15, 0.2) is 5.78 Å². The quantitative estimate of drug-likeness (QED) is 0.339. The summed E-state index contributed by atoms with van der Waals surface area (Å²) < 4.78 is 28.5. The molecule has 0 aromatic heterocycles. The molecule has 1 N–H and O–H groups in total. The highest BCUT2D eigenvalue weighted by Gasteiger charge is 2.17. The van der Waals surface area contributed by atoms with Crippen LogP contribution in [0.4, 0.5) is 5.69 Å². The number of ketones is 1. The second kappa shape index (κ2) is 9.76. The average molecular weight is 466 g/mol. The van der Waals surface area contributed by atoms with Gasteiger partial charge in [0.25, 0.3) is 10.0 Å². The van der Waals surface area contributed by atoms with Gasteiger partial charge in [0.05, 0.1) is 10.6 Å². The molecule has 0 saturated heterocycles. The Morgan fingerprint density at radius 1 is 0.875 bits per heavy atom. The van der Waals surface area contributed by atoms with E-state index in [4.69, 9.17) is 12.2 Å². The van der Waals surface area contributed by atoms with E-state index in [2.05, 4.69) is 4.72 Å². The average Bonchev–Trinajstić information content (AvgIpc) is 2.71. The van der Waals surface area contributed by atoms with Crippen molar-refractivity contribution < 1.29 is 13.2 Å². The summed E-state index contributed by atoms with van der Waals surface area (Å²) in [4.78, 5) is 12.6. The summed E-state index contributed by atoms with van der Waals surface area (Å²) in [6.07, 6.45) is 1.15. The van der Waals surface area contributed by atoms with E-state index in [1.807, 2.05) is 51.1 Å². The second-order valence-corrected chi connectivity index (χ2v) is 10.4. The standard InChI is InChI=1S/C26H27NO3S2/c1-17-12-18(2)26(19(3)13-17)27-32(29,30)25-10-8-21(9-11-25)15-24(31)16-22-6-5-7-23(14-22)20(4)28/h5-14,27H,15-16H2,1-4H3. The second-order valence-electron chi connectivity index (χ2n) is 8.17. The summed E-state index contributed by atoms with van der Waals surface area (Å²) in [5.74, 6) is 0.0270. The minimum atomic E-state index is -3.69. The molecular weight excluding hydrogens is 438 g/mol. The van der Waals surface area contributed by atoms with E-state index in [9.17, 15) is 13.2 Å². The molecule has 4 nitrogen and oxygen atoms in total. The van der Waals surface area contributed by atoms with Gasteiger partial charge in [0.1, 0.15) is 0 Å². The lowest BCUT2D eigenvalue weighted by Crippen LogP contribution is -2.15. The number of Topliss-reactive ketones (excluding diaryl/α,β-unsaturated/α-hetero) is 1. The van der Waals surface area contributed by atoms with Crippen molar-refractivity contribution in [2.24, 2.45) is 0 Å². The zero-order valence-electron chi connectivity index (χ0n) is 18.7. The fourth-order valence-corrected chi connectivity index (χ4v) is 5.28. The van der Waals surface area contributed by atoms with Crippen molar-refractivity contribution in [1.29, 1.82) is 0 Å². The highest BCUT2D eigenvalue weighted by Crippen LogP contribution is 2.25. The molecule has 32 heavy (non-hydrogen) atoms. The summed E-state index contributed by atoms with van der Waals surface area (Å²) >= 11 is 5.54. The van der Waals surface area contributed by atoms with Crippen molar-refractivity contribution in [3.05, 3.63) is 94.0 Å². The number of sulfonamides is 1. The number of thiocarbonyl (C=S) groups is 1. The van der Waals surface area contributed by atoms with Crippen LogP contribution in [0.2, 0.25) is 0 Å². The van der Waals surface area contributed by atoms with E-state index < -0.39 is 10.0 Å². The molecule has 3 rings (SSSR count). The molecule has 0 saturated carbocycles. The molecule has 3 aromatic rings. The Morgan fingerprint density at radius 2 is 1.47 bits per heavy atom. The third-order valence-corrected chi connectivity index (χ3v) is 6.94. The third-order valence-electron chi connectivity index (χ3n) is 5.28. The van der Waals surface area contributed by atoms with Gasteiger partial charge in [-0.3, -0.25) is 9.52 Å². The topological polar surface area (TPSA) is 63.2 Å². The Morgan fingerprint density at radius 3 is 2.06 bits per heavy atom. The first kappa shape index (κ1) is 23.8.